The zero-order valence-electron chi connectivity index (χ0n) is 21.6. The number of nitrogens with zero attached hydrogens (tertiary/aromatic N) is 6. The first-order valence-corrected chi connectivity index (χ1v) is 13.0. The van der Waals surface area contributed by atoms with E-state index in [-0.39, 0.29) is 11.8 Å². The fourth-order valence-corrected chi connectivity index (χ4v) is 4.94. The Labute approximate surface area is 229 Å². The number of rotatable bonds is 5. The van der Waals surface area contributed by atoms with Gasteiger partial charge < -0.3 is 21.7 Å². The van der Waals surface area contributed by atoms with Gasteiger partial charge >= 0.3 is 6.03 Å². The number of primary amides is 1. The minimum atomic E-state index is -0.457. The molecule has 1 aliphatic heterocycles. The zero-order valence-corrected chi connectivity index (χ0v) is 21.6. The number of imidazole rings is 1. The minimum absolute atomic E-state index is 0.129. The monoisotopic (exact) mass is 533 g/mol. The van der Waals surface area contributed by atoms with Crippen LogP contribution in [0.5, 0.6) is 0 Å². The number of piperidine rings is 1. The van der Waals surface area contributed by atoms with E-state index in [9.17, 15) is 9.59 Å². The number of carbonyl (C=O) groups is 2. The molecule has 40 heavy (non-hydrogen) atoms. The molecule has 3 amide bonds. The summed E-state index contributed by atoms with van der Waals surface area (Å²) in [6.07, 6.45) is 4.41. The largest absolute Gasteiger partial charge is 0.383 e. The maximum atomic E-state index is 12.8. The van der Waals surface area contributed by atoms with Gasteiger partial charge in [0.25, 0.3) is 0 Å². The Balaban J connectivity index is 1.34. The molecular formula is C29H27N9O2. The highest BCUT2D eigenvalue weighted by Crippen LogP contribution is 2.31. The van der Waals surface area contributed by atoms with Crippen LogP contribution in [0, 0.1) is 5.92 Å². The van der Waals surface area contributed by atoms with Crippen molar-refractivity contribution in [3.8, 4) is 28.3 Å². The van der Waals surface area contributed by atoms with E-state index in [0.717, 1.165) is 11.3 Å². The van der Waals surface area contributed by atoms with Gasteiger partial charge in [0.15, 0.2) is 11.5 Å². The van der Waals surface area contributed by atoms with E-state index in [2.05, 4.69) is 15.3 Å². The van der Waals surface area contributed by atoms with E-state index in [0.29, 0.717) is 65.8 Å². The lowest BCUT2D eigenvalue weighted by molar-refractivity contribution is -0.121. The van der Waals surface area contributed by atoms with Gasteiger partial charge in [0.2, 0.25) is 5.91 Å². The molecule has 200 valence electrons. The van der Waals surface area contributed by atoms with Crippen molar-refractivity contribution in [2.75, 3.05) is 24.1 Å². The first-order chi connectivity index (χ1) is 19.5. The van der Waals surface area contributed by atoms with Gasteiger partial charge in [-0.15, -0.1) is 0 Å². The van der Waals surface area contributed by atoms with Gasteiger partial charge in [0, 0.05) is 30.8 Å². The second kappa shape index (κ2) is 10.4. The molecule has 5 N–H and O–H groups in total. The maximum absolute atomic E-state index is 12.8. The Morgan fingerprint density at radius 1 is 0.900 bits per heavy atom. The van der Waals surface area contributed by atoms with Crippen molar-refractivity contribution in [3.63, 3.8) is 0 Å². The molecule has 6 rings (SSSR count). The fraction of sp³-hybridized carbons (Fsp3) is 0.172. The van der Waals surface area contributed by atoms with Crippen LogP contribution in [0.25, 0.3) is 39.5 Å². The highest BCUT2D eigenvalue weighted by Gasteiger charge is 2.27. The summed E-state index contributed by atoms with van der Waals surface area (Å²) in [5.74, 6) is 1.02. The third-order valence-electron chi connectivity index (χ3n) is 7.09. The summed E-state index contributed by atoms with van der Waals surface area (Å²) in [5, 5.41) is 2.90. The Kier molecular flexibility index (Phi) is 6.52. The number of fused-ring (bicyclic) bond motifs is 1. The molecule has 5 heterocycles. The highest BCUT2D eigenvalue weighted by atomic mass is 16.2. The van der Waals surface area contributed by atoms with E-state index in [1.807, 2.05) is 65.2 Å². The van der Waals surface area contributed by atoms with Gasteiger partial charge in [-0.3, -0.25) is 9.36 Å². The molecule has 1 saturated heterocycles. The number of nitrogen functional groups attached to an aromatic ring is 1. The lowest BCUT2D eigenvalue weighted by Crippen LogP contribution is -2.43. The normalized spacial score (nSPS) is 13.8. The molecule has 0 spiro atoms. The van der Waals surface area contributed by atoms with E-state index < -0.39 is 6.03 Å². The molecule has 11 heteroatoms. The van der Waals surface area contributed by atoms with Crippen molar-refractivity contribution in [1.82, 2.24) is 29.4 Å². The summed E-state index contributed by atoms with van der Waals surface area (Å²) in [6, 6.07) is 20.6. The van der Waals surface area contributed by atoms with Crippen molar-refractivity contribution in [3.05, 3.63) is 79.1 Å². The van der Waals surface area contributed by atoms with Crippen LogP contribution in [0.3, 0.4) is 0 Å². The summed E-state index contributed by atoms with van der Waals surface area (Å²) in [5.41, 5.74) is 16.1. The van der Waals surface area contributed by atoms with Crippen LogP contribution in [0.15, 0.2) is 79.1 Å². The summed E-state index contributed by atoms with van der Waals surface area (Å²) < 4.78 is 1.90. The Bertz CT molecular complexity index is 1690. The van der Waals surface area contributed by atoms with Gasteiger partial charge in [-0.1, -0.05) is 30.3 Å². The molecule has 11 nitrogen and oxygen atoms in total. The quantitative estimate of drug-likeness (QED) is 0.309. The maximum Gasteiger partial charge on any atom is 0.314 e. The van der Waals surface area contributed by atoms with Crippen molar-refractivity contribution < 1.29 is 9.59 Å². The van der Waals surface area contributed by atoms with Crippen LogP contribution in [-0.2, 0) is 4.79 Å². The van der Waals surface area contributed by atoms with Crippen LogP contribution in [0.1, 0.15) is 12.8 Å². The van der Waals surface area contributed by atoms with Crippen molar-refractivity contribution >= 4 is 34.7 Å². The van der Waals surface area contributed by atoms with Crippen molar-refractivity contribution in [1.29, 1.82) is 0 Å². The lowest BCUT2D eigenvalue weighted by Gasteiger charge is -2.29. The SMILES string of the molecule is NC(=O)N1CCC(C(=O)Nc2ccc(-n3c(-c4cccnc4N)nc4ccc(-c5ccccc5)nc43)cn2)CC1. The Morgan fingerprint density at radius 3 is 2.40 bits per heavy atom. The molecule has 0 unspecified atom stereocenters. The second-order valence-electron chi connectivity index (χ2n) is 9.60. The molecule has 0 radical (unpaired) electrons. The molecular weight excluding hydrogens is 506 g/mol. The van der Waals surface area contributed by atoms with Crippen LogP contribution in [0.4, 0.5) is 16.4 Å². The Morgan fingerprint density at radius 2 is 1.70 bits per heavy atom. The molecule has 5 aromatic rings. The average Bonchev–Trinajstić information content (AvgIpc) is 3.37. The van der Waals surface area contributed by atoms with E-state index >= 15 is 0 Å². The summed E-state index contributed by atoms with van der Waals surface area (Å²) >= 11 is 0. The molecule has 1 fully saturated rings. The summed E-state index contributed by atoms with van der Waals surface area (Å²) in [6.45, 7) is 0.928. The number of pyridine rings is 3. The number of benzene rings is 1. The number of hydrogen-bond donors (Lipinski definition) is 3. The number of carbonyl (C=O) groups excluding carboxylic acids is 2. The zero-order chi connectivity index (χ0) is 27.6. The third kappa shape index (κ3) is 4.80. The number of hydrogen-bond acceptors (Lipinski definition) is 7. The van der Waals surface area contributed by atoms with E-state index in [1.54, 1.807) is 23.4 Å². The van der Waals surface area contributed by atoms with Crippen molar-refractivity contribution in [2.45, 2.75) is 12.8 Å². The number of likely N-dealkylation sites (tertiary alicyclic amines) is 1. The first-order valence-electron chi connectivity index (χ1n) is 13.0. The molecule has 1 aliphatic rings. The molecule has 4 aromatic heterocycles. The molecule has 0 bridgehead atoms. The topological polar surface area (TPSA) is 158 Å². The van der Waals surface area contributed by atoms with Gasteiger partial charge in [-0.05, 0) is 49.2 Å². The van der Waals surface area contributed by atoms with E-state index in [1.165, 1.54) is 0 Å². The number of nitrogens with two attached hydrogens (primary N) is 2. The Hall–Kier alpha value is -5.32. The van der Waals surface area contributed by atoms with Crippen molar-refractivity contribution in [2.24, 2.45) is 11.7 Å². The fourth-order valence-electron chi connectivity index (χ4n) is 4.94. The number of anilines is 2. The predicted molar refractivity (Wildman–Crippen MR) is 152 cm³/mol. The molecule has 0 saturated carbocycles. The molecule has 0 atom stereocenters. The van der Waals surface area contributed by atoms with E-state index in [4.69, 9.17) is 21.4 Å². The van der Waals surface area contributed by atoms with Gasteiger partial charge in [-0.2, -0.15) is 0 Å². The number of aromatic nitrogens is 5. The predicted octanol–water partition coefficient (Wildman–Crippen LogP) is 3.86. The van der Waals surface area contributed by atoms with Crippen LogP contribution in [-0.4, -0.2) is 54.4 Å². The van der Waals surface area contributed by atoms with Crippen LogP contribution >= 0.6 is 0 Å². The number of nitrogens with one attached hydrogen (secondary N) is 1. The smallest absolute Gasteiger partial charge is 0.314 e. The second-order valence-corrected chi connectivity index (χ2v) is 9.60. The highest BCUT2D eigenvalue weighted by molar-refractivity contribution is 5.92. The number of amides is 3. The summed E-state index contributed by atoms with van der Waals surface area (Å²) in [7, 11) is 0. The molecule has 0 aliphatic carbocycles. The minimum Gasteiger partial charge on any atom is -0.383 e. The first kappa shape index (κ1) is 25.0. The third-order valence-corrected chi connectivity index (χ3v) is 7.09. The average molecular weight is 534 g/mol. The van der Waals surface area contributed by atoms with Gasteiger partial charge in [0.05, 0.1) is 23.1 Å². The summed E-state index contributed by atoms with van der Waals surface area (Å²) in [4.78, 5) is 44.3. The van der Waals surface area contributed by atoms with Gasteiger partial charge in [-0.25, -0.2) is 24.7 Å². The van der Waals surface area contributed by atoms with Crippen LogP contribution < -0.4 is 16.8 Å². The molecule has 1 aromatic carbocycles. The number of urea groups is 1. The van der Waals surface area contributed by atoms with Crippen LogP contribution in [0.2, 0.25) is 0 Å². The lowest BCUT2D eigenvalue weighted by atomic mass is 9.96. The van der Waals surface area contributed by atoms with Gasteiger partial charge in [0.1, 0.15) is 17.2 Å². The standard InChI is InChI=1S/C29H27N9O2/c30-25-21(7-4-14-32-25)26-35-23-10-9-22(18-5-2-1-3-6-18)34-27(23)38(26)20-8-11-24(33-17-20)36-28(39)19-12-15-37(16-13-19)29(31)40/h1-11,14,17,19H,12-13,15-16H2,(H2,30,32)(H2,31,40)(H,33,36,39).